The Bertz CT molecular complexity index is 431. The van der Waals surface area contributed by atoms with E-state index >= 15 is 0 Å². The molecule has 0 spiro atoms. The van der Waals surface area contributed by atoms with Crippen LogP contribution < -0.4 is 10.1 Å². The van der Waals surface area contributed by atoms with Crippen molar-refractivity contribution in [1.29, 1.82) is 0 Å². The molecule has 2 rings (SSSR count). The first-order valence-electron chi connectivity index (χ1n) is 5.88. The number of aliphatic carboxylic acids is 1. The van der Waals surface area contributed by atoms with Gasteiger partial charge in [-0.3, -0.25) is 4.79 Å². The Morgan fingerprint density at radius 2 is 2.29 bits per heavy atom. The Morgan fingerprint density at radius 1 is 1.53 bits per heavy atom. The summed E-state index contributed by atoms with van der Waals surface area (Å²) in [4.78, 5) is 10.7. The van der Waals surface area contributed by atoms with Gasteiger partial charge < -0.3 is 15.2 Å². The van der Waals surface area contributed by atoms with Gasteiger partial charge in [-0.1, -0.05) is 13.0 Å². The summed E-state index contributed by atoms with van der Waals surface area (Å²) in [5.41, 5.74) is 2.20. The van der Waals surface area contributed by atoms with Crippen molar-refractivity contribution in [1.82, 2.24) is 0 Å². The van der Waals surface area contributed by atoms with E-state index in [1.807, 2.05) is 19.1 Å². The lowest BCUT2D eigenvalue weighted by molar-refractivity contribution is -0.139. The van der Waals surface area contributed by atoms with Crippen molar-refractivity contribution in [3.63, 3.8) is 0 Å². The molecule has 0 aliphatic carbocycles. The van der Waals surface area contributed by atoms with Gasteiger partial charge >= 0.3 is 5.97 Å². The van der Waals surface area contributed by atoms with E-state index in [0.717, 1.165) is 17.9 Å². The predicted molar refractivity (Wildman–Crippen MR) is 65.6 cm³/mol. The fourth-order valence-electron chi connectivity index (χ4n) is 2.01. The van der Waals surface area contributed by atoms with Gasteiger partial charge in [0.15, 0.2) is 0 Å². The molecule has 1 aliphatic rings. The Morgan fingerprint density at radius 3 is 2.94 bits per heavy atom. The number of hydrogen-bond acceptors (Lipinski definition) is 3. The SMILES string of the molecule is CCc1ccc2c(c1)NC(C)C(CC(=O)O)O2. The first-order chi connectivity index (χ1) is 8.10. The first-order valence-corrected chi connectivity index (χ1v) is 5.88. The minimum Gasteiger partial charge on any atom is -0.486 e. The number of fused-ring (bicyclic) bond motifs is 1. The highest BCUT2D eigenvalue weighted by atomic mass is 16.5. The number of hydrogen-bond donors (Lipinski definition) is 2. The normalized spacial score (nSPS) is 22.2. The Hall–Kier alpha value is -1.71. The second-order valence-corrected chi connectivity index (χ2v) is 4.37. The molecule has 17 heavy (non-hydrogen) atoms. The van der Waals surface area contributed by atoms with E-state index in [0.29, 0.717) is 0 Å². The van der Waals surface area contributed by atoms with Gasteiger partial charge in [0, 0.05) is 0 Å². The van der Waals surface area contributed by atoms with Crippen LogP contribution >= 0.6 is 0 Å². The highest BCUT2D eigenvalue weighted by molar-refractivity contribution is 5.68. The summed E-state index contributed by atoms with van der Waals surface area (Å²) in [7, 11) is 0. The van der Waals surface area contributed by atoms with Crippen LogP contribution in [0.2, 0.25) is 0 Å². The van der Waals surface area contributed by atoms with Crippen molar-refractivity contribution in [3.05, 3.63) is 23.8 Å². The van der Waals surface area contributed by atoms with Crippen LogP contribution in [0.1, 0.15) is 25.8 Å². The van der Waals surface area contributed by atoms with E-state index in [4.69, 9.17) is 9.84 Å². The van der Waals surface area contributed by atoms with Crippen LogP contribution in [0.4, 0.5) is 5.69 Å². The number of anilines is 1. The zero-order valence-electron chi connectivity index (χ0n) is 10.1. The fourth-order valence-corrected chi connectivity index (χ4v) is 2.01. The maximum atomic E-state index is 10.7. The highest BCUT2D eigenvalue weighted by Crippen LogP contribution is 2.33. The standard InChI is InChI=1S/C13H17NO3/c1-3-9-4-5-11-10(6-9)14-8(2)12(17-11)7-13(15)16/h4-6,8,12,14H,3,7H2,1-2H3,(H,15,16). The van der Waals surface area contributed by atoms with Crippen molar-refractivity contribution in [2.24, 2.45) is 0 Å². The molecule has 2 N–H and O–H groups in total. The summed E-state index contributed by atoms with van der Waals surface area (Å²) in [6, 6.07) is 5.98. The molecule has 2 unspecified atom stereocenters. The summed E-state index contributed by atoms with van der Waals surface area (Å²) >= 11 is 0. The number of ether oxygens (including phenoxy) is 1. The zero-order chi connectivity index (χ0) is 12.4. The van der Waals surface area contributed by atoms with E-state index in [-0.39, 0.29) is 18.6 Å². The minimum atomic E-state index is -0.836. The van der Waals surface area contributed by atoms with Gasteiger partial charge in [-0.25, -0.2) is 0 Å². The molecule has 4 nitrogen and oxygen atoms in total. The molecule has 0 saturated carbocycles. The quantitative estimate of drug-likeness (QED) is 0.844. The molecule has 92 valence electrons. The zero-order valence-corrected chi connectivity index (χ0v) is 10.1. The maximum absolute atomic E-state index is 10.7. The third-order valence-electron chi connectivity index (χ3n) is 3.05. The molecule has 0 fully saturated rings. The van der Waals surface area contributed by atoms with Gasteiger partial charge in [-0.05, 0) is 31.0 Å². The van der Waals surface area contributed by atoms with Crippen molar-refractivity contribution < 1.29 is 14.6 Å². The van der Waals surface area contributed by atoms with Crippen molar-refractivity contribution in [3.8, 4) is 5.75 Å². The van der Waals surface area contributed by atoms with E-state index in [1.54, 1.807) is 0 Å². The maximum Gasteiger partial charge on any atom is 0.307 e. The average molecular weight is 235 g/mol. The number of aryl methyl sites for hydroxylation is 1. The van der Waals surface area contributed by atoms with Gasteiger partial charge in [0.1, 0.15) is 11.9 Å². The molecule has 1 heterocycles. The van der Waals surface area contributed by atoms with Crippen LogP contribution in [0.25, 0.3) is 0 Å². The molecule has 0 aromatic heterocycles. The number of carboxylic acids is 1. The van der Waals surface area contributed by atoms with E-state index in [9.17, 15) is 4.79 Å². The van der Waals surface area contributed by atoms with Crippen LogP contribution in [0, 0.1) is 0 Å². The smallest absolute Gasteiger partial charge is 0.307 e. The molecular formula is C13H17NO3. The van der Waals surface area contributed by atoms with Gasteiger partial charge in [0.25, 0.3) is 0 Å². The number of rotatable bonds is 3. The largest absolute Gasteiger partial charge is 0.486 e. The molecule has 1 aromatic rings. The van der Waals surface area contributed by atoms with Crippen LogP contribution in [-0.2, 0) is 11.2 Å². The average Bonchev–Trinajstić information content (AvgIpc) is 2.29. The summed E-state index contributed by atoms with van der Waals surface area (Å²) in [6.07, 6.45) is 0.679. The van der Waals surface area contributed by atoms with Crippen LogP contribution in [0.5, 0.6) is 5.75 Å². The monoisotopic (exact) mass is 235 g/mol. The summed E-state index contributed by atoms with van der Waals surface area (Å²) in [6.45, 7) is 4.04. The Kier molecular flexibility index (Phi) is 3.22. The van der Waals surface area contributed by atoms with E-state index in [1.165, 1.54) is 5.56 Å². The summed E-state index contributed by atoms with van der Waals surface area (Å²) in [5, 5.41) is 12.1. The molecule has 0 bridgehead atoms. The summed E-state index contributed by atoms with van der Waals surface area (Å²) in [5.74, 6) is -0.0937. The van der Waals surface area contributed by atoms with Crippen LogP contribution in [0.3, 0.4) is 0 Å². The minimum absolute atomic E-state index is 0.00528. The van der Waals surface area contributed by atoms with Gasteiger partial charge in [-0.15, -0.1) is 0 Å². The van der Waals surface area contributed by atoms with Crippen molar-refractivity contribution in [2.45, 2.75) is 38.8 Å². The molecule has 2 atom stereocenters. The lowest BCUT2D eigenvalue weighted by Crippen LogP contribution is -2.40. The van der Waals surface area contributed by atoms with Crippen molar-refractivity contribution in [2.75, 3.05) is 5.32 Å². The molecular weight excluding hydrogens is 218 g/mol. The molecule has 0 radical (unpaired) electrons. The van der Waals surface area contributed by atoms with Crippen LogP contribution in [0.15, 0.2) is 18.2 Å². The fraction of sp³-hybridized carbons (Fsp3) is 0.462. The second-order valence-electron chi connectivity index (χ2n) is 4.37. The summed E-state index contributed by atoms with van der Waals surface area (Å²) < 4.78 is 5.71. The van der Waals surface area contributed by atoms with Gasteiger partial charge in [-0.2, -0.15) is 0 Å². The lowest BCUT2D eigenvalue weighted by atomic mass is 10.0. The van der Waals surface area contributed by atoms with Crippen LogP contribution in [-0.4, -0.2) is 23.2 Å². The number of nitrogens with one attached hydrogen (secondary N) is 1. The predicted octanol–water partition coefficient (Wildman–Crippen LogP) is 2.29. The number of carboxylic acid groups (broad SMARTS) is 1. The highest BCUT2D eigenvalue weighted by Gasteiger charge is 2.28. The first kappa shape index (κ1) is 11.8. The molecule has 4 heteroatoms. The third kappa shape index (κ3) is 2.52. The third-order valence-corrected chi connectivity index (χ3v) is 3.05. The van der Waals surface area contributed by atoms with Crippen molar-refractivity contribution >= 4 is 11.7 Å². The molecule has 0 saturated heterocycles. The number of carbonyl (C=O) groups is 1. The second kappa shape index (κ2) is 4.65. The van der Waals surface area contributed by atoms with Gasteiger partial charge in [0.05, 0.1) is 18.2 Å². The molecule has 0 amide bonds. The molecule has 1 aromatic carbocycles. The number of benzene rings is 1. The van der Waals surface area contributed by atoms with E-state index in [2.05, 4.69) is 18.3 Å². The van der Waals surface area contributed by atoms with Gasteiger partial charge in [0.2, 0.25) is 0 Å². The van der Waals surface area contributed by atoms with E-state index < -0.39 is 5.97 Å². The lowest BCUT2D eigenvalue weighted by Gasteiger charge is -2.32. The Balaban J connectivity index is 2.20. The topological polar surface area (TPSA) is 58.6 Å². The Labute approximate surface area is 101 Å². The molecule has 1 aliphatic heterocycles.